The Morgan fingerprint density at radius 1 is 1.42 bits per heavy atom. The molecule has 0 aromatic heterocycles. The fourth-order valence-corrected chi connectivity index (χ4v) is 1.08. The van der Waals surface area contributed by atoms with Gasteiger partial charge in [0.25, 0.3) is 0 Å². The first-order valence-corrected chi connectivity index (χ1v) is 4.08. The van der Waals surface area contributed by atoms with Crippen molar-refractivity contribution in [1.82, 2.24) is 0 Å². The van der Waals surface area contributed by atoms with Crippen LogP contribution in [0.1, 0.15) is 18.9 Å². The quantitative estimate of drug-likeness (QED) is 0.654. The van der Waals surface area contributed by atoms with Crippen LogP contribution in [0.4, 0.5) is 0 Å². The van der Waals surface area contributed by atoms with Crippen LogP contribution >= 0.6 is 0 Å². The Balaban J connectivity index is 2.66. The molecule has 0 heterocycles. The van der Waals surface area contributed by atoms with Crippen molar-refractivity contribution in [2.75, 3.05) is 0 Å². The fourth-order valence-electron chi connectivity index (χ4n) is 1.08. The van der Waals surface area contributed by atoms with Crippen molar-refractivity contribution < 1.29 is 0 Å². The maximum atomic E-state index is 7.68. The van der Waals surface area contributed by atoms with Crippen LogP contribution in [0.3, 0.4) is 0 Å². The third-order valence-electron chi connectivity index (χ3n) is 1.65. The van der Waals surface area contributed by atoms with Crippen molar-refractivity contribution in [3.63, 3.8) is 0 Å². The zero-order valence-corrected chi connectivity index (χ0v) is 7.25. The fraction of sp³-hybridized carbons (Fsp3) is 0.300. The van der Waals surface area contributed by atoms with Crippen LogP contribution < -0.4 is 5.73 Å². The van der Waals surface area contributed by atoms with Gasteiger partial charge >= 0.3 is 0 Å². The molecule has 0 aliphatic carbocycles. The van der Waals surface area contributed by atoms with E-state index in [1.54, 1.807) is 0 Å². The van der Waals surface area contributed by atoms with E-state index in [9.17, 15) is 0 Å². The normalized spacial score (nSPS) is 12.5. The van der Waals surface area contributed by atoms with E-state index in [0.717, 1.165) is 5.56 Å². The molecule has 64 valence electrons. The van der Waals surface area contributed by atoms with Crippen molar-refractivity contribution in [3.8, 4) is 0 Å². The molecule has 1 unspecified atom stereocenters. The van der Waals surface area contributed by atoms with Gasteiger partial charge in [-0.15, -0.1) is 0 Å². The van der Waals surface area contributed by atoms with Gasteiger partial charge in [0, 0.05) is 18.2 Å². The smallest absolute Gasteiger partial charge is 0.0401 e. The summed E-state index contributed by atoms with van der Waals surface area (Å²) in [4.78, 5) is 0. The molecule has 1 atom stereocenters. The Kier molecular flexibility index (Phi) is 3.00. The molecular formula is C10H14N2. The van der Waals surface area contributed by atoms with Crippen molar-refractivity contribution in [3.05, 3.63) is 35.9 Å². The van der Waals surface area contributed by atoms with Gasteiger partial charge in [-0.1, -0.05) is 30.3 Å². The van der Waals surface area contributed by atoms with Gasteiger partial charge in [-0.2, -0.15) is 0 Å². The molecule has 0 spiro atoms. The minimum atomic E-state index is 0.0673. The van der Waals surface area contributed by atoms with E-state index in [4.69, 9.17) is 11.1 Å². The van der Waals surface area contributed by atoms with E-state index in [-0.39, 0.29) is 6.04 Å². The molecule has 3 N–H and O–H groups in total. The molecule has 0 aliphatic rings. The van der Waals surface area contributed by atoms with E-state index < -0.39 is 0 Å². The van der Waals surface area contributed by atoms with Gasteiger partial charge in [0.05, 0.1) is 0 Å². The summed E-state index contributed by atoms with van der Waals surface area (Å²) >= 11 is 0. The van der Waals surface area contributed by atoms with Crippen molar-refractivity contribution >= 4 is 5.71 Å². The van der Waals surface area contributed by atoms with Crippen LogP contribution in [-0.2, 0) is 0 Å². The standard InChI is InChI=1S/C10H14N2/c1-8(11)7-10(12)9-5-3-2-4-6-9/h2-6,8,12H,7,11H2,1H3. The first kappa shape index (κ1) is 8.94. The second-order valence-corrected chi connectivity index (χ2v) is 3.03. The van der Waals surface area contributed by atoms with Crippen molar-refractivity contribution in [2.24, 2.45) is 5.73 Å². The highest BCUT2D eigenvalue weighted by Crippen LogP contribution is 2.03. The van der Waals surface area contributed by atoms with E-state index in [0.29, 0.717) is 12.1 Å². The van der Waals surface area contributed by atoms with Gasteiger partial charge in [-0.3, -0.25) is 0 Å². The van der Waals surface area contributed by atoms with Crippen LogP contribution in [0, 0.1) is 5.41 Å². The second-order valence-electron chi connectivity index (χ2n) is 3.03. The molecule has 0 radical (unpaired) electrons. The summed E-state index contributed by atoms with van der Waals surface area (Å²) in [7, 11) is 0. The zero-order valence-electron chi connectivity index (χ0n) is 7.25. The largest absolute Gasteiger partial charge is 0.328 e. The maximum absolute atomic E-state index is 7.68. The van der Waals surface area contributed by atoms with Crippen LogP contribution in [0.2, 0.25) is 0 Å². The maximum Gasteiger partial charge on any atom is 0.0401 e. The van der Waals surface area contributed by atoms with Gasteiger partial charge in [0.2, 0.25) is 0 Å². The minimum absolute atomic E-state index is 0.0673. The highest BCUT2D eigenvalue weighted by atomic mass is 14.6. The highest BCUT2D eigenvalue weighted by Gasteiger charge is 2.02. The predicted molar refractivity (Wildman–Crippen MR) is 51.5 cm³/mol. The number of nitrogens with two attached hydrogens (primary N) is 1. The average molecular weight is 162 g/mol. The van der Waals surface area contributed by atoms with Gasteiger partial charge in [-0.25, -0.2) is 0 Å². The predicted octanol–water partition coefficient (Wildman–Crippen LogP) is 1.79. The van der Waals surface area contributed by atoms with Crippen LogP contribution in [-0.4, -0.2) is 11.8 Å². The molecule has 2 nitrogen and oxygen atoms in total. The second kappa shape index (κ2) is 4.02. The molecule has 0 bridgehead atoms. The van der Waals surface area contributed by atoms with E-state index in [1.807, 2.05) is 37.3 Å². The number of hydrogen-bond donors (Lipinski definition) is 2. The van der Waals surface area contributed by atoms with Gasteiger partial charge in [0.15, 0.2) is 0 Å². The summed E-state index contributed by atoms with van der Waals surface area (Å²) in [6, 6.07) is 9.76. The molecule has 1 aromatic rings. The Labute approximate surface area is 72.9 Å². The third kappa shape index (κ3) is 2.47. The first-order chi connectivity index (χ1) is 5.70. The molecule has 1 rings (SSSR count). The van der Waals surface area contributed by atoms with Gasteiger partial charge in [0.1, 0.15) is 0 Å². The summed E-state index contributed by atoms with van der Waals surface area (Å²) in [5, 5.41) is 7.68. The Bertz CT molecular complexity index is 252. The molecule has 0 fully saturated rings. The molecular weight excluding hydrogens is 148 g/mol. The first-order valence-electron chi connectivity index (χ1n) is 4.08. The lowest BCUT2D eigenvalue weighted by Gasteiger charge is -2.06. The molecule has 0 aliphatic heterocycles. The Morgan fingerprint density at radius 3 is 2.50 bits per heavy atom. The van der Waals surface area contributed by atoms with Gasteiger partial charge in [-0.05, 0) is 12.5 Å². The number of nitrogens with one attached hydrogen (secondary N) is 1. The summed E-state index contributed by atoms with van der Waals surface area (Å²) in [5.41, 5.74) is 7.17. The molecule has 2 heteroatoms. The zero-order chi connectivity index (χ0) is 8.97. The molecule has 0 saturated heterocycles. The number of benzene rings is 1. The Morgan fingerprint density at radius 2 is 2.00 bits per heavy atom. The highest BCUT2D eigenvalue weighted by molar-refractivity contribution is 5.98. The van der Waals surface area contributed by atoms with Crippen LogP contribution in [0.5, 0.6) is 0 Å². The molecule has 0 saturated carbocycles. The summed E-state index contributed by atoms with van der Waals surface area (Å²) in [5.74, 6) is 0. The summed E-state index contributed by atoms with van der Waals surface area (Å²) < 4.78 is 0. The number of rotatable bonds is 3. The monoisotopic (exact) mass is 162 g/mol. The minimum Gasteiger partial charge on any atom is -0.328 e. The van der Waals surface area contributed by atoms with Gasteiger partial charge < -0.3 is 11.1 Å². The SMILES string of the molecule is CC(N)CC(=N)c1ccccc1. The van der Waals surface area contributed by atoms with Crippen molar-refractivity contribution in [1.29, 1.82) is 5.41 Å². The lowest BCUT2D eigenvalue weighted by atomic mass is 10.0. The van der Waals surface area contributed by atoms with E-state index in [2.05, 4.69) is 0 Å². The van der Waals surface area contributed by atoms with Crippen LogP contribution in [0.15, 0.2) is 30.3 Å². The van der Waals surface area contributed by atoms with E-state index in [1.165, 1.54) is 0 Å². The molecule has 0 amide bonds. The van der Waals surface area contributed by atoms with Crippen molar-refractivity contribution in [2.45, 2.75) is 19.4 Å². The van der Waals surface area contributed by atoms with Crippen LogP contribution in [0.25, 0.3) is 0 Å². The topological polar surface area (TPSA) is 49.9 Å². The average Bonchev–Trinajstić information content (AvgIpc) is 2.05. The third-order valence-corrected chi connectivity index (χ3v) is 1.65. The lowest BCUT2D eigenvalue weighted by molar-refractivity contribution is 0.777. The summed E-state index contributed by atoms with van der Waals surface area (Å²) in [6.45, 7) is 1.91. The van der Waals surface area contributed by atoms with E-state index >= 15 is 0 Å². The molecule has 12 heavy (non-hydrogen) atoms. The summed E-state index contributed by atoms with van der Waals surface area (Å²) in [6.07, 6.45) is 0.643. The number of hydrogen-bond acceptors (Lipinski definition) is 2. The Hall–Kier alpha value is -1.15. The lowest BCUT2D eigenvalue weighted by Crippen LogP contribution is -2.19. The molecule has 1 aromatic carbocycles.